The van der Waals surface area contributed by atoms with E-state index in [1.165, 1.54) is 0 Å². The number of hydrogen-bond donors (Lipinski definition) is 2. The van der Waals surface area contributed by atoms with Crippen LogP contribution in [-0.4, -0.2) is 28.5 Å². The van der Waals surface area contributed by atoms with E-state index in [1.807, 2.05) is 0 Å². The smallest absolute Gasteiger partial charge is 0.310 e. The number of carboxylic acids is 1. The van der Waals surface area contributed by atoms with Crippen LogP contribution < -0.4 is 5.32 Å². The molecule has 0 fully saturated rings. The molecule has 0 aliphatic carbocycles. The molecule has 0 spiro atoms. The third-order valence-corrected chi connectivity index (χ3v) is 3.81. The van der Waals surface area contributed by atoms with Gasteiger partial charge in [-0.3, -0.25) is 9.59 Å². The van der Waals surface area contributed by atoms with E-state index >= 15 is 0 Å². The van der Waals surface area contributed by atoms with E-state index in [2.05, 4.69) is 12.2 Å². The highest BCUT2D eigenvalue weighted by atomic mass is 32.2. The summed E-state index contributed by atoms with van der Waals surface area (Å²) >= 11 is 1.60. The molecule has 1 unspecified atom stereocenters. The number of carbonyl (C=O) groups excluding carboxylic acids is 1. The van der Waals surface area contributed by atoms with Crippen molar-refractivity contribution in [2.45, 2.75) is 26.2 Å². The lowest BCUT2D eigenvalue weighted by atomic mass is 10.0. The average Bonchev–Trinajstić information content (AvgIpc) is 2.39. The number of benzene rings is 1. The topological polar surface area (TPSA) is 66.4 Å². The lowest BCUT2D eigenvalue weighted by Crippen LogP contribution is -2.14. The Hall–Kier alpha value is -1.49. The highest BCUT2D eigenvalue weighted by Gasteiger charge is 2.13. The van der Waals surface area contributed by atoms with E-state index in [9.17, 15) is 9.59 Å². The lowest BCUT2D eigenvalue weighted by Gasteiger charge is -2.09. The zero-order valence-corrected chi connectivity index (χ0v) is 12.0. The average molecular weight is 281 g/mol. The number of rotatable bonds is 7. The van der Waals surface area contributed by atoms with Crippen LogP contribution in [0.5, 0.6) is 0 Å². The number of amides is 1. The van der Waals surface area contributed by atoms with Gasteiger partial charge in [0.1, 0.15) is 0 Å². The van der Waals surface area contributed by atoms with E-state index < -0.39 is 11.9 Å². The molecule has 0 saturated carbocycles. The molecular formula is C14H19NO3S. The summed E-state index contributed by atoms with van der Waals surface area (Å²) in [4.78, 5) is 22.4. The van der Waals surface area contributed by atoms with Crippen LogP contribution in [0.15, 0.2) is 24.3 Å². The van der Waals surface area contributed by atoms with Crippen LogP contribution in [0.1, 0.15) is 31.7 Å². The van der Waals surface area contributed by atoms with Crippen molar-refractivity contribution in [3.63, 3.8) is 0 Å². The van der Waals surface area contributed by atoms with Gasteiger partial charge >= 0.3 is 5.97 Å². The van der Waals surface area contributed by atoms with E-state index in [-0.39, 0.29) is 5.91 Å². The standard InChI is InChI=1S/C14H19NO3S/c1-3-8-19-9-13(16)15-12-6-4-11(5-7-12)10(2)14(17)18/h4-7,10H,3,8-9H2,1-2H3,(H,15,16)(H,17,18). The minimum atomic E-state index is -0.854. The number of anilines is 1. The van der Waals surface area contributed by atoms with Gasteiger partial charge in [-0.05, 0) is 36.8 Å². The fourth-order valence-corrected chi connectivity index (χ4v) is 2.19. The Morgan fingerprint density at radius 3 is 2.47 bits per heavy atom. The Bertz CT molecular complexity index is 431. The predicted molar refractivity (Wildman–Crippen MR) is 78.7 cm³/mol. The summed E-state index contributed by atoms with van der Waals surface area (Å²) in [5, 5.41) is 11.7. The molecule has 19 heavy (non-hydrogen) atoms. The van der Waals surface area contributed by atoms with Gasteiger partial charge < -0.3 is 10.4 Å². The second-order valence-corrected chi connectivity index (χ2v) is 5.39. The maximum Gasteiger partial charge on any atom is 0.310 e. The molecule has 4 nitrogen and oxygen atoms in total. The first-order chi connectivity index (χ1) is 9.04. The molecule has 1 atom stereocenters. The maximum atomic E-state index is 11.6. The first kappa shape index (κ1) is 15.6. The number of aliphatic carboxylic acids is 1. The van der Waals surface area contributed by atoms with Crippen LogP contribution in [-0.2, 0) is 9.59 Å². The number of thioether (sulfide) groups is 1. The molecule has 0 aliphatic heterocycles. The molecule has 1 rings (SSSR count). The van der Waals surface area contributed by atoms with Crippen molar-refractivity contribution in [1.82, 2.24) is 0 Å². The van der Waals surface area contributed by atoms with Crippen molar-refractivity contribution >= 4 is 29.3 Å². The van der Waals surface area contributed by atoms with Crippen LogP contribution >= 0.6 is 11.8 Å². The summed E-state index contributed by atoms with van der Waals surface area (Å²) in [6, 6.07) is 6.93. The zero-order chi connectivity index (χ0) is 14.3. The summed E-state index contributed by atoms with van der Waals surface area (Å²) in [6.07, 6.45) is 1.06. The molecule has 1 amide bonds. The summed E-state index contributed by atoms with van der Waals surface area (Å²) in [5.74, 6) is -0.000966. The molecule has 5 heteroatoms. The van der Waals surface area contributed by atoms with Gasteiger partial charge in [0.25, 0.3) is 0 Å². The molecule has 1 aromatic rings. The van der Waals surface area contributed by atoms with Gasteiger partial charge in [-0.2, -0.15) is 11.8 Å². The third kappa shape index (κ3) is 5.34. The Morgan fingerprint density at radius 1 is 1.32 bits per heavy atom. The van der Waals surface area contributed by atoms with Crippen molar-refractivity contribution in [3.8, 4) is 0 Å². The van der Waals surface area contributed by atoms with Crippen molar-refractivity contribution in [1.29, 1.82) is 0 Å². The van der Waals surface area contributed by atoms with E-state index in [0.29, 0.717) is 11.4 Å². The number of nitrogens with one attached hydrogen (secondary N) is 1. The summed E-state index contributed by atoms with van der Waals surface area (Å²) < 4.78 is 0. The predicted octanol–water partition coefficient (Wildman–Crippen LogP) is 2.96. The van der Waals surface area contributed by atoms with Crippen LogP contribution in [0.2, 0.25) is 0 Å². The molecule has 104 valence electrons. The Balaban J connectivity index is 2.52. The normalized spacial score (nSPS) is 11.9. The molecule has 0 heterocycles. The molecule has 2 N–H and O–H groups in total. The second kappa shape index (κ2) is 7.84. The molecule has 0 aromatic heterocycles. The number of hydrogen-bond acceptors (Lipinski definition) is 3. The molecule has 0 radical (unpaired) electrons. The van der Waals surface area contributed by atoms with E-state index in [4.69, 9.17) is 5.11 Å². The van der Waals surface area contributed by atoms with Crippen LogP contribution in [0.25, 0.3) is 0 Å². The fourth-order valence-electron chi connectivity index (χ4n) is 1.50. The SMILES string of the molecule is CCCSCC(=O)Nc1ccc(C(C)C(=O)O)cc1. The van der Waals surface area contributed by atoms with Gasteiger partial charge in [0.05, 0.1) is 11.7 Å². The van der Waals surface area contributed by atoms with E-state index in [1.54, 1.807) is 43.0 Å². The first-order valence-corrected chi connectivity index (χ1v) is 7.40. The Kier molecular flexibility index (Phi) is 6.42. The lowest BCUT2D eigenvalue weighted by molar-refractivity contribution is -0.138. The summed E-state index contributed by atoms with van der Waals surface area (Å²) in [6.45, 7) is 3.71. The van der Waals surface area contributed by atoms with Crippen LogP contribution in [0, 0.1) is 0 Å². The van der Waals surface area contributed by atoms with E-state index in [0.717, 1.165) is 17.7 Å². The summed E-state index contributed by atoms with van der Waals surface area (Å²) in [7, 11) is 0. The summed E-state index contributed by atoms with van der Waals surface area (Å²) in [5.41, 5.74) is 1.43. The zero-order valence-electron chi connectivity index (χ0n) is 11.2. The molecule has 0 saturated heterocycles. The number of carboxylic acid groups (broad SMARTS) is 1. The third-order valence-electron chi connectivity index (χ3n) is 2.65. The molecular weight excluding hydrogens is 262 g/mol. The monoisotopic (exact) mass is 281 g/mol. The largest absolute Gasteiger partial charge is 0.481 e. The Labute approximate surface area is 117 Å². The molecule has 0 aliphatic rings. The molecule has 1 aromatic carbocycles. The van der Waals surface area contributed by atoms with Gasteiger partial charge in [-0.1, -0.05) is 19.1 Å². The van der Waals surface area contributed by atoms with Crippen molar-refractivity contribution in [2.75, 3.05) is 16.8 Å². The van der Waals surface area contributed by atoms with Crippen LogP contribution in [0.3, 0.4) is 0 Å². The maximum absolute atomic E-state index is 11.6. The van der Waals surface area contributed by atoms with Gasteiger partial charge in [-0.15, -0.1) is 0 Å². The molecule has 0 bridgehead atoms. The second-order valence-electron chi connectivity index (χ2n) is 4.28. The fraction of sp³-hybridized carbons (Fsp3) is 0.429. The minimum Gasteiger partial charge on any atom is -0.481 e. The van der Waals surface area contributed by atoms with Gasteiger partial charge in [0.15, 0.2) is 0 Å². The van der Waals surface area contributed by atoms with Crippen molar-refractivity contribution in [2.24, 2.45) is 0 Å². The highest BCUT2D eigenvalue weighted by molar-refractivity contribution is 7.99. The quantitative estimate of drug-likeness (QED) is 0.754. The minimum absolute atomic E-state index is 0.0301. The van der Waals surface area contributed by atoms with Gasteiger partial charge in [-0.25, -0.2) is 0 Å². The number of carbonyl (C=O) groups is 2. The van der Waals surface area contributed by atoms with Crippen LogP contribution in [0.4, 0.5) is 5.69 Å². The Morgan fingerprint density at radius 2 is 1.95 bits per heavy atom. The van der Waals surface area contributed by atoms with Gasteiger partial charge in [0.2, 0.25) is 5.91 Å². The first-order valence-electron chi connectivity index (χ1n) is 6.25. The van der Waals surface area contributed by atoms with Gasteiger partial charge in [0, 0.05) is 5.69 Å². The van der Waals surface area contributed by atoms with Crippen molar-refractivity contribution in [3.05, 3.63) is 29.8 Å². The highest BCUT2D eigenvalue weighted by Crippen LogP contribution is 2.18. The van der Waals surface area contributed by atoms with Crippen molar-refractivity contribution < 1.29 is 14.7 Å².